The van der Waals surface area contributed by atoms with Crippen LogP contribution in [0.5, 0.6) is 0 Å². The zero-order chi connectivity index (χ0) is 14.7. The monoisotopic (exact) mass is 298 g/mol. The normalized spacial score (nSPS) is 20.8. The minimum absolute atomic E-state index is 0.0254. The summed E-state index contributed by atoms with van der Waals surface area (Å²) in [7, 11) is 2.08. The highest BCUT2D eigenvalue weighted by molar-refractivity contribution is 6.29. The van der Waals surface area contributed by atoms with E-state index in [1.165, 1.54) is 12.1 Å². The van der Waals surface area contributed by atoms with Crippen molar-refractivity contribution in [2.45, 2.75) is 25.8 Å². The van der Waals surface area contributed by atoms with Gasteiger partial charge in [0, 0.05) is 25.2 Å². The molecule has 1 atom stereocenters. The van der Waals surface area contributed by atoms with Crippen molar-refractivity contribution >= 4 is 23.1 Å². The Morgan fingerprint density at radius 3 is 2.90 bits per heavy atom. The number of likely N-dealkylation sites (N-methyl/N-ethyl adjacent to an activating group) is 1. The highest BCUT2D eigenvalue weighted by Gasteiger charge is 2.29. The topological polar surface area (TPSA) is 62.5 Å². The van der Waals surface area contributed by atoms with E-state index in [2.05, 4.69) is 23.9 Å². The average molecular weight is 299 g/mol. The zero-order valence-corrected chi connectivity index (χ0v) is 12.5. The number of halogens is 1. The fourth-order valence-corrected chi connectivity index (χ4v) is 2.79. The van der Waals surface area contributed by atoms with Crippen molar-refractivity contribution in [2.75, 3.05) is 31.6 Å². The summed E-state index contributed by atoms with van der Waals surface area (Å²) in [5, 5.41) is 11.5. The molecule has 2 heterocycles. The van der Waals surface area contributed by atoms with Crippen LogP contribution in [0.3, 0.4) is 0 Å². The molecule has 1 aromatic rings. The van der Waals surface area contributed by atoms with Crippen molar-refractivity contribution in [2.24, 2.45) is 0 Å². The van der Waals surface area contributed by atoms with Gasteiger partial charge in [-0.15, -0.1) is 0 Å². The Morgan fingerprint density at radius 2 is 2.25 bits per heavy atom. The summed E-state index contributed by atoms with van der Waals surface area (Å²) in [5.41, 5.74) is 0.0254. The smallest absolute Gasteiger partial charge is 0.311 e. The van der Waals surface area contributed by atoms with E-state index in [-0.39, 0.29) is 21.8 Å². The second kappa shape index (κ2) is 6.37. The van der Waals surface area contributed by atoms with Gasteiger partial charge < -0.3 is 9.80 Å². The molecule has 0 saturated carbocycles. The molecule has 0 radical (unpaired) electrons. The Kier molecular flexibility index (Phi) is 4.77. The number of hydrogen-bond donors (Lipinski definition) is 0. The van der Waals surface area contributed by atoms with Gasteiger partial charge in [-0.3, -0.25) is 10.1 Å². The Morgan fingerprint density at radius 1 is 1.50 bits per heavy atom. The van der Waals surface area contributed by atoms with E-state index in [1.807, 2.05) is 4.90 Å². The fraction of sp³-hybridized carbons (Fsp3) is 0.615. The van der Waals surface area contributed by atoms with Gasteiger partial charge in [0.1, 0.15) is 5.15 Å². The maximum absolute atomic E-state index is 11.2. The van der Waals surface area contributed by atoms with E-state index in [4.69, 9.17) is 11.6 Å². The van der Waals surface area contributed by atoms with Crippen molar-refractivity contribution in [3.63, 3.8) is 0 Å². The Labute approximate surface area is 123 Å². The lowest BCUT2D eigenvalue weighted by Gasteiger charge is -2.30. The number of rotatable bonds is 3. The third-order valence-electron chi connectivity index (χ3n) is 3.66. The summed E-state index contributed by atoms with van der Waals surface area (Å²) in [5.74, 6) is 0.393. The Hall–Kier alpha value is -1.40. The van der Waals surface area contributed by atoms with Crippen molar-refractivity contribution in [3.8, 4) is 0 Å². The lowest BCUT2D eigenvalue weighted by molar-refractivity contribution is -0.384. The number of nitro groups is 1. The van der Waals surface area contributed by atoms with Crippen LogP contribution in [0.25, 0.3) is 0 Å². The number of hydrogen-bond acceptors (Lipinski definition) is 5. The quantitative estimate of drug-likeness (QED) is 0.487. The van der Waals surface area contributed by atoms with E-state index in [0.29, 0.717) is 5.82 Å². The van der Waals surface area contributed by atoms with Crippen LogP contribution < -0.4 is 4.90 Å². The van der Waals surface area contributed by atoms with Crippen molar-refractivity contribution in [3.05, 3.63) is 27.4 Å². The highest BCUT2D eigenvalue weighted by Crippen LogP contribution is 2.30. The van der Waals surface area contributed by atoms with Crippen LogP contribution in [0.4, 0.5) is 11.5 Å². The molecule has 0 bridgehead atoms. The standard InChI is InChI=1S/C13H19ClN4O2/c1-3-10-9-16(2)7-4-8-17(10)13-11(18(19)20)5-6-12(14)15-13/h5-6,10H,3-4,7-9H2,1-2H3. The minimum Gasteiger partial charge on any atom is -0.347 e. The summed E-state index contributed by atoms with van der Waals surface area (Å²) in [6.45, 7) is 4.72. The molecule has 1 saturated heterocycles. The number of aromatic nitrogens is 1. The summed E-state index contributed by atoms with van der Waals surface area (Å²) < 4.78 is 0. The molecule has 0 amide bonds. The van der Waals surface area contributed by atoms with Gasteiger partial charge in [-0.1, -0.05) is 18.5 Å². The van der Waals surface area contributed by atoms with Crippen LogP contribution in [-0.2, 0) is 0 Å². The maximum Gasteiger partial charge on any atom is 0.311 e. The van der Waals surface area contributed by atoms with Crippen LogP contribution in [0, 0.1) is 10.1 Å². The average Bonchev–Trinajstić information content (AvgIpc) is 2.59. The van der Waals surface area contributed by atoms with Gasteiger partial charge in [-0.05, 0) is 32.5 Å². The number of anilines is 1. The molecular formula is C13H19ClN4O2. The first-order valence-corrected chi connectivity index (χ1v) is 7.16. The lowest BCUT2D eigenvalue weighted by atomic mass is 10.1. The van der Waals surface area contributed by atoms with E-state index < -0.39 is 0 Å². The van der Waals surface area contributed by atoms with Gasteiger partial charge in [0.15, 0.2) is 0 Å². The fourth-order valence-electron chi connectivity index (χ4n) is 2.64. The molecule has 110 valence electrons. The van der Waals surface area contributed by atoms with E-state index >= 15 is 0 Å². The first-order valence-electron chi connectivity index (χ1n) is 6.79. The first kappa shape index (κ1) is 15.0. The van der Waals surface area contributed by atoms with Crippen LogP contribution in [0.2, 0.25) is 5.15 Å². The second-order valence-electron chi connectivity index (χ2n) is 5.11. The summed E-state index contributed by atoms with van der Waals surface area (Å²) >= 11 is 5.93. The predicted molar refractivity (Wildman–Crippen MR) is 79.4 cm³/mol. The highest BCUT2D eigenvalue weighted by atomic mass is 35.5. The number of pyridine rings is 1. The molecule has 7 heteroatoms. The predicted octanol–water partition coefficient (Wildman–Crippen LogP) is 2.56. The van der Waals surface area contributed by atoms with Crippen molar-refractivity contribution in [1.29, 1.82) is 0 Å². The van der Waals surface area contributed by atoms with Crippen LogP contribution in [0.1, 0.15) is 19.8 Å². The third kappa shape index (κ3) is 3.19. The van der Waals surface area contributed by atoms with E-state index in [1.54, 1.807) is 0 Å². The van der Waals surface area contributed by atoms with Crippen LogP contribution in [-0.4, -0.2) is 47.5 Å². The van der Waals surface area contributed by atoms with Crippen molar-refractivity contribution < 1.29 is 4.92 Å². The molecule has 0 aromatic carbocycles. The summed E-state index contributed by atoms with van der Waals surface area (Å²) in [6.07, 6.45) is 1.87. The van der Waals surface area contributed by atoms with Gasteiger partial charge in [-0.2, -0.15) is 0 Å². The van der Waals surface area contributed by atoms with Crippen LogP contribution >= 0.6 is 11.6 Å². The molecule has 1 aliphatic rings. The van der Waals surface area contributed by atoms with E-state index in [0.717, 1.165) is 32.5 Å². The van der Waals surface area contributed by atoms with Gasteiger partial charge in [0.05, 0.1) is 4.92 Å². The molecule has 0 aliphatic carbocycles. The lowest BCUT2D eigenvalue weighted by Crippen LogP contribution is -2.40. The van der Waals surface area contributed by atoms with Gasteiger partial charge in [0.25, 0.3) is 0 Å². The SMILES string of the molecule is CCC1CN(C)CCCN1c1nc(Cl)ccc1[N+](=O)[O-]. The molecular weight excluding hydrogens is 280 g/mol. The third-order valence-corrected chi connectivity index (χ3v) is 3.87. The second-order valence-corrected chi connectivity index (χ2v) is 5.49. The number of nitrogens with zero attached hydrogens (tertiary/aromatic N) is 4. The van der Waals surface area contributed by atoms with Crippen molar-refractivity contribution in [1.82, 2.24) is 9.88 Å². The largest absolute Gasteiger partial charge is 0.347 e. The Balaban J connectivity index is 2.41. The summed E-state index contributed by atoms with van der Waals surface area (Å²) in [4.78, 5) is 19.3. The van der Waals surface area contributed by atoms with Gasteiger partial charge in [-0.25, -0.2) is 4.98 Å². The van der Waals surface area contributed by atoms with Crippen LogP contribution in [0.15, 0.2) is 12.1 Å². The molecule has 1 fully saturated rings. The molecule has 20 heavy (non-hydrogen) atoms. The molecule has 1 aromatic heterocycles. The molecule has 6 nitrogen and oxygen atoms in total. The molecule has 1 unspecified atom stereocenters. The molecule has 2 rings (SSSR count). The van der Waals surface area contributed by atoms with Gasteiger partial charge >= 0.3 is 5.69 Å². The molecule has 0 spiro atoms. The maximum atomic E-state index is 11.2. The summed E-state index contributed by atoms with van der Waals surface area (Å²) in [6, 6.07) is 3.12. The molecule has 0 N–H and O–H groups in total. The van der Waals surface area contributed by atoms with E-state index in [9.17, 15) is 10.1 Å². The Bertz CT molecular complexity index is 497. The van der Waals surface area contributed by atoms with Gasteiger partial charge in [0.2, 0.25) is 5.82 Å². The minimum atomic E-state index is -0.389. The molecule has 1 aliphatic heterocycles. The zero-order valence-electron chi connectivity index (χ0n) is 11.8. The first-order chi connectivity index (χ1) is 9.52.